The fraction of sp³-hybridized carbons (Fsp3) is 0.417. The van der Waals surface area contributed by atoms with Crippen LogP contribution in [0.25, 0.3) is 10.2 Å². The summed E-state index contributed by atoms with van der Waals surface area (Å²) < 4.78 is 41.5. The molecule has 3 aromatic rings. The van der Waals surface area contributed by atoms with Crippen LogP contribution in [0.2, 0.25) is 0 Å². The number of aryl methyl sites for hydroxylation is 1. The van der Waals surface area contributed by atoms with Gasteiger partial charge in [0, 0.05) is 25.2 Å². The minimum atomic E-state index is -3.67. The van der Waals surface area contributed by atoms with Crippen molar-refractivity contribution < 1.29 is 22.7 Å². The van der Waals surface area contributed by atoms with E-state index in [1.54, 1.807) is 7.11 Å². The maximum Gasteiger partial charge on any atom is 0.279 e. The molecule has 1 amide bonds. The number of methoxy groups -OCH3 is 1. The largest absolute Gasteiger partial charge is 0.497 e. The maximum absolute atomic E-state index is 13.1. The van der Waals surface area contributed by atoms with Crippen LogP contribution < -0.4 is 9.54 Å². The van der Waals surface area contributed by atoms with Crippen molar-refractivity contribution in [2.45, 2.75) is 50.8 Å². The number of hydrogen-bond donors (Lipinski definition) is 0. The highest BCUT2D eigenvalue weighted by molar-refractivity contribution is 7.89. The molecule has 1 fully saturated rings. The van der Waals surface area contributed by atoms with Crippen LogP contribution in [-0.2, 0) is 21.3 Å². The van der Waals surface area contributed by atoms with Crippen molar-refractivity contribution in [3.8, 4) is 5.75 Å². The van der Waals surface area contributed by atoms with Gasteiger partial charge in [-0.2, -0.15) is 9.30 Å². The SMILES string of the molecule is CCCn1c(=NC(=O)c2ccc(S(=O)(=O)N3C[C@@H](C)O[C@@H](C)C3)cc2)sc2cc(OC)ccc21. The Kier molecular flexibility index (Phi) is 7.22. The Morgan fingerprint density at radius 2 is 1.82 bits per heavy atom. The van der Waals surface area contributed by atoms with Crippen molar-refractivity contribution in [2.75, 3.05) is 20.2 Å². The summed E-state index contributed by atoms with van der Waals surface area (Å²) in [5, 5.41) is 0. The van der Waals surface area contributed by atoms with Gasteiger partial charge in [0.15, 0.2) is 4.80 Å². The lowest BCUT2D eigenvalue weighted by molar-refractivity contribution is -0.0440. The summed E-state index contributed by atoms with van der Waals surface area (Å²) in [6, 6.07) is 11.8. The number of morpholine rings is 1. The monoisotopic (exact) mass is 503 g/mol. The molecule has 34 heavy (non-hydrogen) atoms. The highest BCUT2D eigenvalue weighted by atomic mass is 32.2. The Hall–Kier alpha value is -2.53. The standard InChI is InChI=1S/C24H29N3O5S2/c1-5-12-27-21-11-8-19(31-4)13-22(21)33-24(27)25-23(28)18-6-9-20(10-7-18)34(29,30)26-14-16(2)32-17(3)15-26/h6-11,13,16-17H,5,12,14-15H2,1-4H3/t16-,17+. The van der Waals surface area contributed by atoms with Gasteiger partial charge in [-0.15, -0.1) is 0 Å². The summed E-state index contributed by atoms with van der Waals surface area (Å²) in [7, 11) is -2.05. The summed E-state index contributed by atoms with van der Waals surface area (Å²) in [5.41, 5.74) is 1.33. The molecule has 0 radical (unpaired) electrons. The summed E-state index contributed by atoms with van der Waals surface area (Å²) in [6.45, 7) is 7.12. The van der Waals surface area contributed by atoms with Gasteiger partial charge in [0.25, 0.3) is 5.91 Å². The maximum atomic E-state index is 13.1. The number of sulfonamides is 1. The fourth-order valence-corrected chi connectivity index (χ4v) is 6.78. The zero-order valence-electron chi connectivity index (χ0n) is 19.7. The van der Waals surface area contributed by atoms with Crippen molar-refractivity contribution in [1.29, 1.82) is 0 Å². The Balaban J connectivity index is 1.63. The van der Waals surface area contributed by atoms with Crippen molar-refractivity contribution in [1.82, 2.24) is 8.87 Å². The molecule has 1 aliphatic heterocycles. The quantitative estimate of drug-likeness (QED) is 0.512. The van der Waals surface area contributed by atoms with Crippen molar-refractivity contribution in [3.05, 3.63) is 52.8 Å². The van der Waals surface area contributed by atoms with Crippen LogP contribution in [-0.4, -0.2) is 55.6 Å². The zero-order chi connectivity index (χ0) is 24.5. The van der Waals surface area contributed by atoms with Crippen LogP contribution in [0.15, 0.2) is 52.4 Å². The van der Waals surface area contributed by atoms with E-state index >= 15 is 0 Å². The van der Waals surface area contributed by atoms with E-state index in [4.69, 9.17) is 9.47 Å². The van der Waals surface area contributed by atoms with Gasteiger partial charge >= 0.3 is 0 Å². The number of rotatable bonds is 6. The minimum absolute atomic E-state index is 0.153. The predicted octanol–water partition coefficient (Wildman–Crippen LogP) is 3.66. The lowest BCUT2D eigenvalue weighted by Crippen LogP contribution is -2.48. The Labute approximate surface area is 203 Å². The van der Waals surface area contributed by atoms with Crippen molar-refractivity contribution >= 4 is 37.5 Å². The van der Waals surface area contributed by atoms with Crippen molar-refractivity contribution in [2.24, 2.45) is 4.99 Å². The molecule has 0 N–H and O–H groups in total. The number of carbonyl (C=O) groups is 1. The lowest BCUT2D eigenvalue weighted by Gasteiger charge is -2.34. The van der Waals surface area contributed by atoms with Crippen molar-refractivity contribution in [3.63, 3.8) is 0 Å². The Bertz CT molecular complexity index is 1350. The number of carbonyl (C=O) groups excluding carboxylic acids is 1. The second-order valence-electron chi connectivity index (χ2n) is 8.39. The van der Waals surface area contributed by atoms with Crippen LogP contribution in [0.3, 0.4) is 0 Å². The first kappa shape index (κ1) is 24.6. The Morgan fingerprint density at radius 3 is 2.44 bits per heavy atom. The molecule has 10 heteroatoms. The first-order valence-electron chi connectivity index (χ1n) is 11.2. The number of aromatic nitrogens is 1. The molecule has 0 bridgehead atoms. The van der Waals surface area contributed by atoms with E-state index in [0.29, 0.717) is 23.5 Å². The highest BCUT2D eigenvalue weighted by Crippen LogP contribution is 2.24. The molecule has 2 atom stereocenters. The molecule has 4 rings (SSSR count). The van der Waals surface area contributed by atoms with Crippen LogP contribution in [0, 0.1) is 0 Å². The second-order valence-corrected chi connectivity index (χ2v) is 11.3. The molecule has 2 heterocycles. The molecule has 8 nitrogen and oxygen atoms in total. The topological polar surface area (TPSA) is 90.2 Å². The van der Waals surface area contributed by atoms with E-state index in [-0.39, 0.29) is 17.1 Å². The second kappa shape index (κ2) is 9.99. The van der Waals surface area contributed by atoms with E-state index in [1.807, 2.05) is 36.6 Å². The number of ether oxygens (including phenoxy) is 2. The first-order chi connectivity index (χ1) is 16.2. The molecule has 1 aromatic heterocycles. The molecule has 0 spiro atoms. The smallest absolute Gasteiger partial charge is 0.279 e. The summed E-state index contributed by atoms with van der Waals surface area (Å²) in [4.78, 5) is 18.1. The van der Waals surface area contributed by atoms with Crippen LogP contribution in [0.1, 0.15) is 37.6 Å². The molecule has 0 aliphatic carbocycles. The average Bonchev–Trinajstić information content (AvgIpc) is 3.14. The molecule has 182 valence electrons. The Morgan fingerprint density at radius 1 is 1.15 bits per heavy atom. The highest BCUT2D eigenvalue weighted by Gasteiger charge is 2.32. The van der Waals surface area contributed by atoms with Gasteiger partial charge in [0.05, 0.1) is 34.4 Å². The fourth-order valence-electron chi connectivity index (χ4n) is 4.10. The number of benzene rings is 2. The van der Waals surface area contributed by atoms with Gasteiger partial charge in [-0.25, -0.2) is 8.42 Å². The molecule has 1 saturated heterocycles. The molecule has 0 unspecified atom stereocenters. The zero-order valence-corrected chi connectivity index (χ0v) is 21.4. The van der Waals surface area contributed by atoms with E-state index in [1.165, 1.54) is 39.9 Å². The molecule has 1 aliphatic rings. The molecule has 2 aromatic carbocycles. The number of nitrogens with zero attached hydrogens (tertiary/aromatic N) is 3. The van der Waals surface area contributed by atoms with Crippen LogP contribution in [0.5, 0.6) is 5.75 Å². The van der Waals surface area contributed by atoms with Gasteiger partial charge in [0.1, 0.15) is 5.75 Å². The third-order valence-electron chi connectivity index (χ3n) is 5.66. The number of fused-ring (bicyclic) bond motifs is 1. The van der Waals surface area contributed by atoms with Gasteiger partial charge < -0.3 is 14.0 Å². The van der Waals surface area contributed by atoms with Gasteiger partial charge in [-0.1, -0.05) is 18.3 Å². The van der Waals surface area contributed by atoms with E-state index in [9.17, 15) is 13.2 Å². The molecule has 0 saturated carbocycles. The van der Waals surface area contributed by atoms with E-state index in [0.717, 1.165) is 28.9 Å². The average molecular weight is 504 g/mol. The number of hydrogen-bond acceptors (Lipinski definition) is 6. The van der Waals surface area contributed by atoms with Gasteiger partial charge in [-0.05, 0) is 62.7 Å². The van der Waals surface area contributed by atoms with Crippen LogP contribution in [0.4, 0.5) is 0 Å². The normalized spacial score (nSPS) is 20.1. The third-order valence-corrected chi connectivity index (χ3v) is 8.55. The van der Waals surface area contributed by atoms with Gasteiger partial charge in [0.2, 0.25) is 10.0 Å². The van der Waals surface area contributed by atoms with Gasteiger partial charge in [-0.3, -0.25) is 4.79 Å². The minimum Gasteiger partial charge on any atom is -0.497 e. The number of thiazole rings is 1. The third kappa shape index (κ3) is 4.95. The summed E-state index contributed by atoms with van der Waals surface area (Å²) >= 11 is 1.42. The molecular weight excluding hydrogens is 474 g/mol. The van der Waals surface area contributed by atoms with E-state index < -0.39 is 15.9 Å². The predicted molar refractivity (Wildman–Crippen MR) is 132 cm³/mol. The summed E-state index contributed by atoms with van der Waals surface area (Å²) in [5.74, 6) is 0.331. The lowest BCUT2D eigenvalue weighted by atomic mass is 10.2. The first-order valence-corrected chi connectivity index (χ1v) is 13.5. The summed E-state index contributed by atoms with van der Waals surface area (Å²) in [6.07, 6.45) is 0.549. The van der Waals surface area contributed by atoms with E-state index in [2.05, 4.69) is 11.9 Å². The molecular formula is C24H29N3O5S2. The number of amides is 1. The van der Waals surface area contributed by atoms with Crippen LogP contribution >= 0.6 is 11.3 Å².